The summed E-state index contributed by atoms with van der Waals surface area (Å²) in [7, 11) is 0. The lowest BCUT2D eigenvalue weighted by molar-refractivity contribution is 0.363. The van der Waals surface area contributed by atoms with Crippen LogP contribution in [-0.4, -0.2) is 22.5 Å². The van der Waals surface area contributed by atoms with Crippen LogP contribution in [0.2, 0.25) is 0 Å². The molecule has 1 aromatic heterocycles. The molecule has 0 saturated carbocycles. The third-order valence-corrected chi connectivity index (χ3v) is 4.69. The van der Waals surface area contributed by atoms with Gasteiger partial charge in [-0.05, 0) is 54.4 Å². The van der Waals surface area contributed by atoms with Crippen molar-refractivity contribution in [1.29, 1.82) is 0 Å². The van der Waals surface area contributed by atoms with Crippen LogP contribution in [-0.2, 0) is 6.42 Å². The van der Waals surface area contributed by atoms with Crippen molar-refractivity contribution in [3.05, 3.63) is 81.3 Å². The van der Waals surface area contributed by atoms with E-state index in [1.807, 2.05) is 36.4 Å². The van der Waals surface area contributed by atoms with Gasteiger partial charge in [0.15, 0.2) is 0 Å². The SMILES string of the molecule is C=CCOc1ccc(C=Nn2c(CCCC)nc3ccc(Br)cc3c2=O)cc1. The summed E-state index contributed by atoms with van der Waals surface area (Å²) in [5.74, 6) is 1.43. The Hall–Kier alpha value is -2.73. The molecule has 0 aliphatic carbocycles. The second-order valence-corrected chi connectivity index (χ2v) is 7.24. The zero-order chi connectivity index (χ0) is 19.9. The Bertz CT molecular complexity index is 1060. The number of halogens is 1. The highest BCUT2D eigenvalue weighted by Crippen LogP contribution is 2.17. The molecular weight excluding hydrogens is 418 g/mol. The van der Waals surface area contributed by atoms with Crippen molar-refractivity contribution in [2.75, 3.05) is 6.61 Å². The van der Waals surface area contributed by atoms with Crippen LogP contribution in [0, 0.1) is 0 Å². The Morgan fingerprint density at radius 1 is 1.25 bits per heavy atom. The highest BCUT2D eigenvalue weighted by atomic mass is 79.9. The van der Waals surface area contributed by atoms with Gasteiger partial charge in [-0.15, -0.1) is 0 Å². The molecule has 6 heteroatoms. The lowest BCUT2D eigenvalue weighted by Crippen LogP contribution is -2.22. The average Bonchev–Trinajstić information content (AvgIpc) is 2.71. The zero-order valence-corrected chi connectivity index (χ0v) is 17.4. The number of benzene rings is 2. The first kappa shape index (κ1) is 20.0. The normalized spacial score (nSPS) is 11.2. The third-order valence-electron chi connectivity index (χ3n) is 4.20. The molecule has 0 N–H and O–H groups in total. The lowest BCUT2D eigenvalue weighted by atomic mass is 10.2. The first-order valence-electron chi connectivity index (χ1n) is 9.21. The monoisotopic (exact) mass is 439 g/mol. The molecule has 2 aromatic carbocycles. The van der Waals surface area contributed by atoms with Crippen LogP contribution in [0.5, 0.6) is 5.75 Å². The maximum Gasteiger partial charge on any atom is 0.282 e. The maximum atomic E-state index is 13.0. The van der Waals surface area contributed by atoms with Crippen LogP contribution >= 0.6 is 15.9 Å². The van der Waals surface area contributed by atoms with E-state index in [1.165, 1.54) is 4.68 Å². The van der Waals surface area contributed by atoms with Crippen molar-refractivity contribution in [3.63, 3.8) is 0 Å². The van der Waals surface area contributed by atoms with Crippen molar-refractivity contribution >= 4 is 33.0 Å². The van der Waals surface area contributed by atoms with Crippen molar-refractivity contribution in [2.45, 2.75) is 26.2 Å². The highest BCUT2D eigenvalue weighted by molar-refractivity contribution is 9.10. The van der Waals surface area contributed by atoms with Gasteiger partial charge in [0.1, 0.15) is 18.2 Å². The fourth-order valence-electron chi connectivity index (χ4n) is 2.74. The van der Waals surface area contributed by atoms with E-state index in [0.29, 0.717) is 29.8 Å². The number of unbranched alkanes of at least 4 members (excludes halogenated alkanes) is 1. The molecule has 5 nitrogen and oxygen atoms in total. The first-order valence-corrected chi connectivity index (χ1v) is 10.0. The van der Waals surface area contributed by atoms with E-state index in [1.54, 1.807) is 18.4 Å². The topological polar surface area (TPSA) is 56.5 Å². The van der Waals surface area contributed by atoms with E-state index >= 15 is 0 Å². The number of ether oxygens (including phenoxy) is 1. The quantitative estimate of drug-likeness (QED) is 0.368. The molecule has 0 amide bonds. The summed E-state index contributed by atoms with van der Waals surface area (Å²) in [6.45, 7) is 6.20. The molecule has 0 aliphatic rings. The zero-order valence-electron chi connectivity index (χ0n) is 15.8. The number of hydrogen-bond donors (Lipinski definition) is 0. The molecule has 144 valence electrons. The predicted octanol–water partition coefficient (Wildman–Crippen LogP) is 4.95. The van der Waals surface area contributed by atoms with Crippen LogP contribution in [0.25, 0.3) is 10.9 Å². The summed E-state index contributed by atoms with van der Waals surface area (Å²) < 4.78 is 7.73. The minimum atomic E-state index is -0.167. The largest absolute Gasteiger partial charge is 0.490 e. The van der Waals surface area contributed by atoms with E-state index in [0.717, 1.165) is 28.6 Å². The molecule has 3 rings (SSSR count). The van der Waals surface area contributed by atoms with Gasteiger partial charge in [-0.2, -0.15) is 9.78 Å². The first-order chi connectivity index (χ1) is 13.6. The molecule has 0 saturated heterocycles. The number of rotatable bonds is 8. The van der Waals surface area contributed by atoms with E-state index in [-0.39, 0.29) is 5.56 Å². The summed E-state index contributed by atoms with van der Waals surface area (Å²) >= 11 is 3.42. The van der Waals surface area contributed by atoms with Crippen molar-refractivity contribution in [3.8, 4) is 5.75 Å². The van der Waals surface area contributed by atoms with Gasteiger partial charge in [-0.25, -0.2) is 4.98 Å². The minimum Gasteiger partial charge on any atom is -0.490 e. The number of aromatic nitrogens is 2. The van der Waals surface area contributed by atoms with Crippen molar-refractivity contribution in [1.82, 2.24) is 9.66 Å². The van der Waals surface area contributed by atoms with Gasteiger partial charge in [-0.3, -0.25) is 4.79 Å². The molecule has 3 aromatic rings. The molecule has 0 bridgehead atoms. The van der Waals surface area contributed by atoms with Crippen LogP contribution < -0.4 is 10.3 Å². The van der Waals surface area contributed by atoms with Crippen LogP contribution in [0.4, 0.5) is 0 Å². The lowest BCUT2D eigenvalue weighted by Gasteiger charge is -2.09. The van der Waals surface area contributed by atoms with Crippen molar-refractivity contribution in [2.24, 2.45) is 5.10 Å². The van der Waals surface area contributed by atoms with Crippen LogP contribution in [0.15, 0.2) is 69.5 Å². The van der Waals surface area contributed by atoms with Crippen molar-refractivity contribution < 1.29 is 4.74 Å². The molecule has 0 aliphatic heterocycles. The molecule has 0 atom stereocenters. The average molecular weight is 440 g/mol. The molecule has 0 radical (unpaired) electrons. The van der Waals surface area contributed by atoms with Gasteiger partial charge >= 0.3 is 0 Å². The summed E-state index contributed by atoms with van der Waals surface area (Å²) in [5, 5.41) is 4.99. The predicted molar refractivity (Wildman–Crippen MR) is 117 cm³/mol. The smallest absolute Gasteiger partial charge is 0.282 e. The Labute approximate surface area is 172 Å². The van der Waals surface area contributed by atoms with Gasteiger partial charge in [0.25, 0.3) is 5.56 Å². The Morgan fingerprint density at radius 3 is 2.75 bits per heavy atom. The maximum absolute atomic E-state index is 13.0. The third kappa shape index (κ3) is 4.75. The minimum absolute atomic E-state index is 0.167. The molecule has 28 heavy (non-hydrogen) atoms. The Kier molecular flexibility index (Phi) is 6.76. The van der Waals surface area contributed by atoms with Gasteiger partial charge in [0.2, 0.25) is 0 Å². The van der Waals surface area contributed by atoms with Crippen LogP contribution in [0.3, 0.4) is 0 Å². The number of aryl methyl sites for hydroxylation is 1. The van der Waals surface area contributed by atoms with E-state index in [2.05, 4.69) is 39.5 Å². The van der Waals surface area contributed by atoms with Crippen LogP contribution in [0.1, 0.15) is 31.2 Å². The van der Waals surface area contributed by atoms with Gasteiger partial charge in [0.05, 0.1) is 17.1 Å². The van der Waals surface area contributed by atoms with Gasteiger partial charge in [0, 0.05) is 10.9 Å². The van der Waals surface area contributed by atoms with E-state index in [9.17, 15) is 4.79 Å². The van der Waals surface area contributed by atoms with Gasteiger partial charge < -0.3 is 4.74 Å². The molecule has 1 heterocycles. The number of nitrogens with zero attached hydrogens (tertiary/aromatic N) is 3. The van der Waals surface area contributed by atoms with Gasteiger partial charge in [-0.1, -0.05) is 41.9 Å². The number of fused-ring (bicyclic) bond motifs is 1. The highest BCUT2D eigenvalue weighted by Gasteiger charge is 2.10. The second-order valence-electron chi connectivity index (χ2n) is 6.32. The summed E-state index contributed by atoms with van der Waals surface area (Å²) in [5.41, 5.74) is 1.39. The standard InChI is InChI=1S/C22H22BrN3O2/c1-3-5-6-21-25-20-12-9-17(23)14-19(20)22(27)26(21)24-15-16-7-10-18(11-8-16)28-13-4-2/h4,7-12,14-15H,2-3,5-6,13H2,1H3. The molecule has 0 fully saturated rings. The summed E-state index contributed by atoms with van der Waals surface area (Å²) in [6, 6.07) is 13.0. The molecule has 0 unspecified atom stereocenters. The fraction of sp³-hybridized carbons (Fsp3) is 0.227. The molecule has 0 spiro atoms. The number of hydrogen-bond acceptors (Lipinski definition) is 4. The second kappa shape index (κ2) is 9.46. The summed E-state index contributed by atoms with van der Waals surface area (Å²) in [4.78, 5) is 17.7. The summed E-state index contributed by atoms with van der Waals surface area (Å²) in [6.07, 6.45) is 6.03. The Balaban J connectivity index is 1.97. The fourth-order valence-corrected chi connectivity index (χ4v) is 3.10. The van der Waals surface area contributed by atoms with E-state index < -0.39 is 0 Å². The molecular formula is C22H22BrN3O2. The Morgan fingerprint density at radius 2 is 2.04 bits per heavy atom. The van der Waals surface area contributed by atoms with E-state index in [4.69, 9.17) is 4.74 Å².